The Morgan fingerprint density at radius 1 is 0.850 bits per heavy atom. The van der Waals surface area contributed by atoms with Gasteiger partial charge in [0.05, 0.1) is 0 Å². The largest absolute Gasteiger partial charge is 0.289 e. The highest BCUT2D eigenvalue weighted by Gasteiger charge is 2.08. The molecule has 0 heterocycles. The molecule has 0 bridgehead atoms. The summed E-state index contributed by atoms with van der Waals surface area (Å²) in [5.74, 6) is -0.0421. The Morgan fingerprint density at radius 2 is 1.45 bits per heavy atom. The summed E-state index contributed by atoms with van der Waals surface area (Å²) in [4.78, 5) is 12.2. The Morgan fingerprint density at radius 3 is 2.00 bits per heavy atom. The lowest BCUT2D eigenvalue weighted by molar-refractivity contribution is 0.103. The monoisotopic (exact) mass is 260 g/mol. The molecule has 98 valence electrons. The van der Waals surface area contributed by atoms with Crippen LogP contribution in [0.5, 0.6) is 0 Å². The normalized spacial score (nSPS) is 10.9. The first kappa shape index (κ1) is 13.8. The summed E-state index contributed by atoms with van der Waals surface area (Å²) in [6.45, 7) is 7.26. The van der Waals surface area contributed by atoms with Crippen molar-refractivity contribution in [2.45, 2.75) is 0 Å². The summed E-state index contributed by atoms with van der Waals surface area (Å²) in [6, 6.07) is 17.7. The Labute approximate surface area is 119 Å². The summed E-state index contributed by atoms with van der Waals surface area (Å²) >= 11 is 0. The Balaban J connectivity index is 2.29. The van der Waals surface area contributed by atoms with Gasteiger partial charge in [0.2, 0.25) is 0 Å². The van der Waals surface area contributed by atoms with Crippen molar-refractivity contribution < 1.29 is 4.79 Å². The number of benzene rings is 2. The predicted molar refractivity (Wildman–Crippen MR) is 84.7 cm³/mol. The maximum Gasteiger partial charge on any atom is 0.192 e. The lowest BCUT2D eigenvalue weighted by Crippen LogP contribution is -2.00. The standard InChI is InChI=1S/C19H16O/c1-3-8-15(4-2)19(20)18-13-11-17(12-14-18)16-9-6-5-7-10-16/h3-14H,1-2H2/b15-8+. The molecule has 0 unspecified atom stereocenters. The van der Waals surface area contributed by atoms with Crippen molar-refractivity contribution in [3.63, 3.8) is 0 Å². The third-order valence-corrected chi connectivity index (χ3v) is 3.03. The smallest absolute Gasteiger partial charge is 0.192 e. The van der Waals surface area contributed by atoms with Crippen molar-refractivity contribution >= 4 is 5.78 Å². The van der Waals surface area contributed by atoms with Crippen LogP contribution < -0.4 is 0 Å². The summed E-state index contributed by atoms with van der Waals surface area (Å²) in [5, 5.41) is 0. The van der Waals surface area contributed by atoms with E-state index in [1.165, 1.54) is 0 Å². The number of Topliss-reactive ketones (excluding diaryl/α,β-unsaturated/α-hetero) is 1. The highest BCUT2D eigenvalue weighted by molar-refractivity contribution is 6.10. The van der Waals surface area contributed by atoms with Crippen LogP contribution in [-0.2, 0) is 0 Å². The van der Waals surface area contributed by atoms with E-state index in [0.717, 1.165) is 11.1 Å². The van der Waals surface area contributed by atoms with E-state index in [2.05, 4.69) is 13.2 Å². The van der Waals surface area contributed by atoms with Gasteiger partial charge < -0.3 is 0 Å². The molecule has 0 aliphatic rings. The van der Waals surface area contributed by atoms with Crippen molar-refractivity contribution in [2.75, 3.05) is 0 Å². The molecule has 0 spiro atoms. The molecule has 0 aliphatic heterocycles. The SMILES string of the molecule is C=C/C=C(\C=C)C(=O)c1ccc(-c2ccccc2)cc1. The first-order valence-electron chi connectivity index (χ1n) is 6.41. The number of hydrogen-bond acceptors (Lipinski definition) is 1. The fraction of sp³-hybridized carbons (Fsp3) is 0. The van der Waals surface area contributed by atoms with Gasteiger partial charge in [-0.25, -0.2) is 0 Å². The number of allylic oxidation sites excluding steroid dienone is 4. The molecule has 2 aromatic rings. The molecule has 0 saturated heterocycles. The van der Waals surface area contributed by atoms with Gasteiger partial charge in [0.25, 0.3) is 0 Å². The molecule has 0 saturated carbocycles. The summed E-state index contributed by atoms with van der Waals surface area (Å²) in [5.41, 5.74) is 3.43. The fourth-order valence-electron chi connectivity index (χ4n) is 1.97. The number of hydrogen-bond donors (Lipinski definition) is 0. The van der Waals surface area contributed by atoms with Crippen molar-refractivity contribution in [1.82, 2.24) is 0 Å². The molecule has 20 heavy (non-hydrogen) atoms. The highest BCUT2D eigenvalue weighted by atomic mass is 16.1. The van der Waals surface area contributed by atoms with Gasteiger partial charge in [-0.15, -0.1) is 0 Å². The fourth-order valence-corrected chi connectivity index (χ4v) is 1.97. The molecule has 0 atom stereocenters. The molecule has 0 amide bonds. The molecular formula is C19H16O. The van der Waals surface area contributed by atoms with E-state index in [0.29, 0.717) is 11.1 Å². The lowest BCUT2D eigenvalue weighted by atomic mass is 9.99. The maximum atomic E-state index is 12.2. The van der Waals surface area contributed by atoms with Gasteiger partial charge in [-0.2, -0.15) is 0 Å². The van der Waals surface area contributed by atoms with E-state index in [1.54, 1.807) is 18.2 Å². The zero-order valence-electron chi connectivity index (χ0n) is 11.3. The predicted octanol–water partition coefficient (Wildman–Crippen LogP) is 4.83. The Kier molecular flexibility index (Phi) is 4.46. The molecule has 0 aromatic heterocycles. The van der Waals surface area contributed by atoms with Gasteiger partial charge >= 0.3 is 0 Å². The first-order chi connectivity index (χ1) is 9.76. The van der Waals surface area contributed by atoms with Crippen molar-refractivity contribution in [1.29, 1.82) is 0 Å². The third-order valence-electron chi connectivity index (χ3n) is 3.03. The highest BCUT2D eigenvalue weighted by Crippen LogP contribution is 2.20. The zero-order valence-corrected chi connectivity index (χ0v) is 11.3. The second-order valence-corrected chi connectivity index (χ2v) is 4.33. The molecule has 0 aliphatic carbocycles. The zero-order chi connectivity index (χ0) is 14.4. The van der Waals surface area contributed by atoms with E-state index in [9.17, 15) is 4.79 Å². The average molecular weight is 260 g/mol. The van der Waals surface area contributed by atoms with Crippen LogP contribution in [0.1, 0.15) is 10.4 Å². The maximum absolute atomic E-state index is 12.2. The molecule has 2 aromatic carbocycles. The van der Waals surface area contributed by atoms with Crippen LogP contribution in [-0.4, -0.2) is 5.78 Å². The number of carbonyl (C=O) groups excluding carboxylic acids is 1. The molecule has 1 heteroatoms. The Bertz CT molecular complexity index is 646. The van der Waals surface area contributed by atoms with Crippen molar-refractivity contribution in [3.8, 4) is 11.1 Å². The van der Waals surface area contributed by atoms with E-state index in [-0.39, 0.29) is 5.78 Å². The van der Waals surface area contributed by atoms with Gasteiger partial charge in [-0.1, -0.05) is 86.0 Å². The van der Waals surface area contributed by atoms with Gasteiger partial charge in [-0.3, -0.25) is 4.79 Å². The van der Waals surface area contributed by atoms with Gasteiger partial charge in [-0.05, 0) is 11.1 Å². The van der Waals surface area contributed by atoms with E-state index < -0.39 is 0 Å². The van der Waals surface area contributed by atoms with Gasteiger partial charge in [0.15, 0.2) is 5.78 Å². The molecule has 2 rings (SSSR count). The van der Waals surface area contributed by atoms with Crippen molar-refractivity contribution in [2.24, 2.45) is 0 Å². The average Bonchev–Trinajstić information content (AvgIpc) is 2.53. The van der Waals surface area contributed by atoms with Crippen LogP contribution in [0.4, 0.5) is 0 Å². The minimum Gasteiger partial charge on any atom is -0.289 e. The number of ketones is 1. The first-order valence-corrected chi connectivity index (χ1v) is 6.41. The van der Waals surface area contributed by atoms with E-state index >= 15 is 0 Å². The minimum atomic E-state index is -0.0421. The van der Waals surface area contributed by atoms with Crippen LogP contribution in [0, 0.1) is 0 Å². The summed E-state index contributed by atoms with van der Waals surface area (Å²) in [6.07, 6.45) is 4.81. The second kappa shape index (κ2) is 6.48. The second-order valence-electron chi connectivity index (χ2n) is 4.33. The lowest BCUT2D eigenvalue weighted by Gasteiger charge is -2.04. The Hall–Kier alpha value is -2.67. The van der Waals surface area contributed by atoms with Crippen LogP contribution >= 0.6 is 0 Å². The van der Waals surface area contributed by atoms with Crippen molar-refractivity contribution in [3.05, 3.63) is 97.1 Å². The third kappa shape index (κ3) is 3.01. The van der Waals surface area contributed by atoms with E-state index in [1.807, 2.05) is 54.6 Å². The molecule has 0 N–H and O–H groups in total. The number of rotatable bonds is 5. The molecule has 0 fully saturated rings. The summed E-state index contributed by atoms with van der Waals surface area (Å²) < 4.78 is 0. The van der Waals surface area contributed by atoms with Gasteiger partial charge in [0.1, 0.15) is 0 Å². The quantitative estimate of drug-likeness (QED) is 0.427. The molecule has 0 radical (unpaired) electrons. The van der Waals surface area contributed by atoms with E-state index in [4.69, 9.17) is 0 Å². The number of carbonyl (C=O) groups is 1. The van der Waals surface area contributed by atoms with Gasteiger partial charge in [0, 0.05) is 11.1 Å². The van der Waals surface area contributed by atoms with Crippen LogP contribution in [0.2, 0.25) is 0 Å². The molecular weight excluding hydrogens is 244 g/mol. The molecule has 1 nitrogen and oxygen atoms in total. The van der Waals surface area contributed by atoms with Crippen LogP contribution in [0.3, 0.4) is 0 Å². The minimum absolute atomic E-state index is 0.0421. The topological polar surface area (TPSA) is 17.1 Å². The van der Waals surface area contributed by atoms with Crippen LogP contribution in [0.15, 0.2) is 91.6 Å². The van der Waals surface area contributed by atoms with Crippen LogP contribution in [0.25, 0.3) is 11.1 Å². The summed E-state index contributed by atoms with van der Waals surface area (Å²) in [7, 11) is 0.